The Bertz CT molecular complexity index is 641. The van der Waals surface area contributed by atoms with Crippen molar-refractivity contribution in [3.05, 3.63) is 52.5 Å². The number of phenolic OH excluding ortho intramolecular Hbond substituents is 2. The molecule has 0 aliphatic carbocycles. The maximum Gasteiger partial charge on any atom is 0.259 e. The van der Waals surface area contributed by atoms with E-state index in [1.807, 2.05) is 13.0 Å². The summed E-state index contributed by atoms with van der Waals surface area (Å²) < 4.78 is 0. The highest BCUT2D eigenvalue weighted by Gasteiger charge is 2.13. The average molecular weight is 278 g/mol. The van der Waals surface area contributed by atoms with Gasteiger partial charge in [-0.2, -0.15) is 0 Å². The van der Waals surface area contributed by atoms with E-state index >= 15 is 0 Å². The minimum absolute atomic E-state index is 0.0652. The molecule has 4 nitrogen and oxygen atoms in total. The third kappa shape index (κ3) is 2.98. The largest absolute Gasteiger partial charge is 0.508 e. The number of aromatic hydroxyl groups is 2. The standard InChI is InChI=1S/C14H12ClNO3/c1-8-2-5-11(15)12(6-8)16-14(19)10-4-3-9(17)7-13(10)18/h2-7,17-18H,1H3,(H,16,19). The number of rotatable bonds is 2. The highest BCUT2D eigenvalue weighted by atomic mass is 35.5. The lowest BCUT2D eigenvalue weighted by atomic mass is 10.1. The molecule has 0 fully saturated rings. The van der Waals surface area contributed by atoms with Gasteiger partial charge in [0.05, 0.1) is 16.3 Å². The van der Waals surface area contributed by atoms with Gasteiger partial charge in [-0.25, -0.2) is 0 Å². The summed E-state index contributed by atoms with van der Waals surface area (Å²) in [7, 11) is 0. The predicted octanol–water partition coefficient (Wildman–Crippen LogP) is 3.31. The van der Waals surface area contributed by atoms with Crippen LogP contribution < -0.4 is 5.32 Å². The highest BCUT2D eigenvalue weighted by Crippen LogP contribution is 2.26. The van der Waals surface area contributed by atoms with Crippen LogP contribution in [0.2, 0.25) is 5.02 Å². The summed E-state index contributed by atoms with van der Waals surface area (Å²) in [6.07, 6.45) is 0. The average Bonchev–Trinajstić information content (AvgIpc) is 2.33. The van der Waals surface area contributed by atoms with Crippen LogP contribution in [0, 0.1) is 6.92 Å². The fourth-order valence-corrected chi connectivity index (χ4v) is 1.80. The number of aryl methyl sites for hydroxylation is 1. The van der Waals surface area contributed by atoms with E-state index in [0.29, 0.717) is 10.7 Å². The molecule has 0 heterocycles. The molecule has 98 valence electrons. The first-order chi connectivity index (χ1) is 8.97. The van der Waals surface area contributed by atoms with E-state index in [1.54, 1.807) is 12.1 Å². The van der Waals surface area contributed by atoms with Gasteiger partial charge in [0.1, 0.15) is 11.5 Å². The number of halogens is 1. The number of phenols is 2. The summed E-state index contributed by atoms with van der Waals surface area (Å²) in [5, 5.41) is 21.8. The van der Waals surface area contributed by atoms with Crippen LogP contribution in [0.4, 0.5) is 5.69 Å². The van der Waals surface area contributed by atoms with Gasteiger partial charge in [0, 0.05) is 6.07 Å². The van der Waals surface area contributed by atoms with Crippen molar-refractivity contribution >= 4 is 23.2 Å². The second-order valence-electron chi connectivity index (χ2n) is 4.14. The van der Waals surface area contributed by atoms with Gasteiger partial charge in [-0.05, 0) is 36.8 Å². The molecule has 2 aromatic rings. The molecular weight excluding hydrogens is 266 g/mol. The predicted molar refractivity (Wildman–Crippen MR) is 73.9 cm³/mol. The van der Waals surface area contributed by atoms with Gasteiger partial charge in [0.25, 0.3) is 5.91 Å². The molecule has 0 atom stereocenters. The van der Waals surface area contributed by atoms with E-state index in [2.05, 4.69) is 5.32 Å². The molecule has 0 unspecified atom stereocenters. The lowest BCUT2D eigenvalue weighted by Crippen LogP contribution is -2.12. The minimum Gasteiger partial charge on any atom is -0.508 e. The zero-order chi connectivity index (χ0) is 14.0. The molecule has 1 amide bonds. The molecule has 0 spiro atoms. The SMILES string of the molecule is Cc1ccc(Cl)c(NC(=O)c2ccc(O)cc2O)c1. The molecule has 2 rings (SSSR count). The van der Waals surface area contributed by atoms with Crippen LogP contribution in [-0.2, 0) is 0 Å². The Kier molecular flexibility index (Phi) is 3.62. The summed E-state index contributed by atoms with van der Waals surface area (Å²) in [6, 6.07) is 9.01. The highest BCUT2D eigenvalue weighted by molar-refractivity contribution is 6.34. The van der Waals surface area contributed by atoms with Crippen molar-refractivity contribution in [2.75, 3.05) is 5.32 Å². The summed E-state index contributed by atoms with van der Waals surface area (Å²) in [4.78, 5) is 12.0. The number of carbonyl (C=O) groups is 1. The summed E-state index contributed by atoms with van der Waals surface area (Å²) in [6.45, 7) is 1.88. The number of hydrogen-bond acceptors (Lipinski definition) is 3. The van der Waals surface area contributed by atoms with Crippen molar-refractivity contribution < 1.29 is 15.0 Å². The number of hydrogen-bond donors (Lipinski definition) is 3. The number of nitrogens with one attached hydrogen (secondary N) is 1. The van der Waals surface area contributed by atoms with E-state index < -0.39 is 5.91 Å². The minimum atomic E-state index is -0.495. The molecule has 3 N–H and O–H groups in total. The molecule has 0 aliphatic heterocycles. The third-order valence-electron chi connectivity index (χ3n) is 2.60. The van der Waals surface area contributed by atoms with Crippen LogP contribution in [-0.4, -0.2) is 16.1 Å². The van der Waals surface area contributed by atoms with Crippen LogP contribution in [0.1, 0.15) is 15.9 Å². The van der Waals surface area contributed by atoms with Crippen molar-refractivity contribution in [1.29, 1.82) is 0 Å². The molecule has 5 heteroatoms. The first kappa shape index (κ1) is 13.2. The smallest absolute Gasteiger partial charge is 0.259 e. The first-order valence-corrected chi connectivity index (χ1v) is 5.94. The Morgan fingerprint density at radius 1 is 1.16 bits per heavy atom. The Morgan fingerprint density at radius 3 is 2.58 bits per heavy atom. The number of amides is 1. The number of benzene rings is 2. The van der Waals surface area contributed by atoms with E-state index in [1.165, 1.54) is 12.1 Å². The first-order valence-electron chi connectivity index (χ1n) is 5.57. The second kappa shape index (κ2) is 5.20. The molecule has 0 radical (unpaired) electrons. The van der Waals surface area contributed by atoms with Gasteiger partial charge in [0.15, 0.2) is 0 Å². The van der Waals surface area contributed by atoms with E-state index in [9.17, 15) is 15.0 Å². The van der Waals surface area contributed by atoms with Gasteiger partial charge in [-0.1, -0.05) is 17.7 Å². The van der Waals surface area contributed by atoms with Crippen LogP contribution in [0.3, 0.4) is 0 Å². The van der Waals surface area contributed by atoms with E-state index in [4.69, 9.17) is 11.6 Å². The fourth-order valence-electron chi connectivity index (χ4n) is 1.64. The van der Waals surface area contributed by atoms with Crippen LogP contribution >= 0.6 is 11.6 Å². The van der Waals surface area contributed by atoms with E-state index in [-0.39, 0.29) is 17.1 Å². The van der Waals surface area contributed by atoms with Crippen LogP contribution in [0.5, 0.6) is 11.5 Å². The summed E-state index contributed by atoms with van der Waals surface area (Å²) in [5.41, 5.74) is 1.49. The van der Waals surface area contributed by atoms with E-state index in [0.717, 1.165) is 11.6 Å². The van der Waals surface area contributed by atoms with Gasteiger partial charge in [0.2, 0.25) is 0 Å². The molecule has 0 aromatic heterocycles. The van der Waals surface area contributed by atoms with Crippen molar-refractivity contribution in [1.82, 2.24) is 0 Å². The molecular formula is C14H12ClNO3. The van der Waals surface area contributed by atoms with Gasteiger partial charge in [-0.3, -0.25) is 4.79 Å². The van der Waals surface area contributed by atoms with Crippen molar-refractivity contribution in [2.24, 2.45) is 0 Å². The maximum absolute atomic E-state index is 12.0. The maximum atomic E-state index is 12.0. The van der Waals surface area contributed by atoms with Crippen LogP contribution in [0.25, 0.3) is 0 Å². The molecule has 19 heavy (non-hydrogen) atoms. The van der Waals surface area contributed by atoms with Gasteiger partial charge >= 0.3 is 0 Å². The summed E-state index contributed by atoms with van der Waals surface area (Å²) in [5.74, 6) is -0.895. The van der Waals surface area contributed by atoms with Crippen molar-refractivity contribution in [3.63, 3.8) is 0 Å². The second-order valence-corrected chi connectivity index (χ2v) is 4.55. The zero-order valence-corrected chi connectivity index (χ0v) is 10.9. The normalized spacial score (nSPS) is 10.2. The molecule has 0 saturated heterocycles. The van der Waals surface area contributed by atoms with Crippen LogP contribution in [0.15, 0.2) is 36.4 Å². The third-order valence-corrected chi connectivity index (χ3v) is 2.93. The molecule has 2 aromatic carbocycles. The number of anilines is 1. The monoisotopic (exact) mass is 277 g/mol. The lowest BCUT2D eigenvalue weighted by molar-refractivity contribution is 0.102. The Balaban J connectivity index is 2.28. The molecule has 0 aliphatic rings. The topological polar surface area (TPSA) is 69.6 Å². The Labute approximate surface area is 115 Å². The number of carbonyl (C=O) groups excluding carboxylic acids is 1. The quantitative estimate of drug-likeness (QED) is 0.789. The zero-order valence-electron chi connectivity index (χ0n) is 10.1. The Hall–Kier alpha value is -2.20. The summed E-state index contributed by atoms with van der Waals surface area (Å²) >= 11 is 5.98. The van der Waals surface area contributed by atoms with Crippen molar-refractivity contribution in [2.45, 2.75) is 6.92 Å². The lowest BCUT2D eigenvalue weighted by Gasteiger charge is -2.09. The Morgan fingerprint density at radius 2 is 1.89 bits per heavy atom. The molecule has 0 saturated carbocycles. The fraction of sp³-hybridized carbons (Fsp3) is 0.0714. The van der Waals surface area contributed by atoms with Crippen molar-refractivity contribution in [3.8, 4) is 11.5 Å². The molecule has 0 bridgehead atoms. The van der Waals surface area contributed by atoms with Gasteiger partial charge < -0.3 is 15.5 Å². The van der Waals surface area contributed by atoms with Gasteiger partial charge in [-0.15, -0.1) is 0 Å².